The summed E-state index contributed by atoms with van der Waals surface area (Å²) < 4.78 is 10.7. The highest BCUT2D eigenvalue weighted by Gasteiger charge is 2.37. The second kappa shape index (κ2) is 3.11. The Morgan fingerprint density at radius 1 is 0.818 bits per heavy atom. The van der Waals surface area contributed by atoms with Gasteiger partial charge in [-0.05, 0) is 25.7 Å². The average molecular weight is 156 g/mol. The first-order valence-electron chi connectivity index (χ1n) is 4.57. The van der Waals surface area contributed by atoms with Gasteiger partial charge in [0.2, 0.25) is 0 Å². The van der Waals surface area contributed by atoms with E-state index >= 15 is 0 Å². The standard InChI is InChI=1S/C9H16O2/c1-3-9(7-11-8-9)4-2-6-10-5-1/h1-8H2. The van der Waals surface area contributed by atoms with Crippen LogP contribution in [0.5, 0.6) is 0 Å². The van der Waals surface area contributed by atoms with Crippen LogP contribution in [0.15, 0.2) is 0 Å². The van der Waals surface area contributed by atoms with Gasteiger partial charge in [-0.3, -0.25) is 0 Å². The summed E-state index contributed by atoms with van der Waals surface area (Å²) in [6.45, 7) is 3.93. The van der Waals surface area contributed by atoms with Crippen molar-refractivity contribution in [2.45, 2.75) is 25.7 Å². The first kappa shape index (κ1) is 7.56. The predicted octanol–water partition coefficient (Wildman–Crippen LogP) is 1.59. The summed E-state index contributed by atoms with van der Waals surface area (Å²) in [6.07, 6.45) is 5.08. The van der Waals surface area contributed by atoms with Gasteiger partial charge in [-0.1, -0.05) is 0 Å². The third kappa shape index (κ3) is 1.57. The number of hydrogen-bond donors (Lipinski definition) is 0. The Kier molecular flexibility index (Phi) is 2.14. The highest BCUT2D eigenvalue weighted by Crippen LogP contribution is 2.38. The molecule has 2 fully saturated rings. The van der Waals surface area contributed by atoms with Crippen molar-refractivity contribution in [3.63, 3.8) is 0 Å². The summed E-state index contributed by atoms with van der Waals surface area (Å²) in [5.74, 6) is 0. The maximum atomic E-state index is 5.40. The van der Waals surface area contributed by atoms with Crippen molar-refractivity contribution in [3.8, 4) is 0 Å². The Balaban J connectivity index is 1.86. The Hall–Kier alpha value is -0.0800. The summed E-state index contributed by atoms with van der Waals surface area (Å²) in [4.78, 5) is 0. The van der Waals surface area contributed by atoms with E-state index in [1.165, 1.54) is 25.7 Å². The first-order valence-corrected chi connectivity index (χ1v) is 4.57. The third-order valence-corrected chi connectivity index (χ3v) is 2.81. The molecular weight excluding hydrogens is 140 g/mol. The summed E-state index contributed by atoms with van der Waals surface area (Å²) in [6, 6.07) is 0. The van der Waals surface area contributed by atoms with Crippen molar-refractivity contribution < 1.29 is 9.47 Å². The molecule has 64 valence electrons. The van der Waals surface area contributed by atoms with Gasteiger partial charge in [-0.2, -0.15) is 0 Å². The van der Waals surface area contributed by atoms with Crippen molar-refractivity contribution >= 4 is 0 Å². The van der Waals surface area contributed by atoms with E-state index in [4.69, 9.17) is 9.47 Å². The molecular formula is C9H16O2. The third-order valence-electron chi connectivity index (χ3n) is 2.81. The summed E-state index contributed by atoms with van der Waals surface area (Å²) in [7, 11) is 0. The van der Waals surface area contributed by atoms with Crippen LogP contribution in [-0.2, 0) is 9.47 Å². The van der Waals surface area contributed by atoms with Gasteiger partial charge in [0.15, 0.2) is 0 Å². The average Bonchev–Trinajstić information content (AvgIpc) is 1.82. The van der Waals surface area contributed by atoms with E-state index in [0.717, 1.165) is 26.4 Å². The van der Waals surface area contributed by atoms with Crippen LogP contribution in [0.2, 0.25) is 0 Å². The summed E-state index contributed by atoms with van der Waals surface area (Å²) >= 11 is 0. The molecule has 0 aromatic carbocycles. The maximum Gasteiger partial charge on any atom is 0.0544 e. The van der Waals surface area contributed by atoms with Crippen LogP contribution in [0.1, 0.15) is 25.7 Å². The van der Waals surface area contributed by atoms with Crippen molar-refractivity contribution in [1.82, 2.24) is 0 Å². The summed E-state index contributed by atoms with van der Waals surface area (Å²) in [5, 5.41) is 0. The largest absolute Gasteiger partial charge is 0.381 e. The molecule has 0 N–H and O–H groups in total. The Labute approximate surface area is 67.9 Å². The molecule has 0 aromatic rings. The molecule has 1 spiro atoms. The van der Waals surface area contributed by atoms with Gasteiger partial charge in [-0.25, -0.2) is 0 Å². The minimum absolute atomic E-state index is 0.573. The van der Waals surface area contributed by atoms with E-state index < -0.39 is 0 Å². The van der Waals surface area contributed by atoms with Gasteiger partial charge in [0.05, 0.1) is 13.2 Å². The zero-order chi connectivity index (χ0) is 7.57. The Bertz CT molecular complexity index is 120. The van der Waals surface area contributed by atoms with E-state index in [-0.39, 0.29) is 0 Å². The van der Waals surface area contributed by atoms with Gasteiger partial charge >= 0.3 is 0 Å². The van der Waals surface area contributed by atoms with Crippen LogP contribution >= 0.6 is 0 Å². The SMILES string of the molecule is C1COCCCC2(C1)COC2. The molecule has 2 aliphatic heterocycles. The van der Waals surface area contributed by atoms with E-state index in [2.05, 4.69) is 0 Å². The molecule has 0 aromatic heterocycles. The second-order valence-electron chi connectivity index (χ2n) is 3.81. The van der Waals surface area contributed by atoms with Crippen LogP contribution in [-0.4, -0.2) is 26.4 Å². The van der Waals surface area contributed by atoms with Crippen molar-refractivity contribution in [3.05, 3.63) is 0 Å². The smallest absolute Gasteiger partial charge is 0.0544 e. The number of hydrogen-bond acceptors (Lipinski definition) is 2. The van der Waals surface area contributed by atoms with Crippen molar-refractivity contribution in [2.75, 3.05) is 26.4 Å². The van der Waals surface area contributed by atoms with Gasteiger partial charge in [-0.15, -0.1) is 0 Å². The van der Waals surface area contributed by atoms with E-state index in [9.17, 15) is 0 Å². The molecule has 2 heterocycles. The lowest BCUT2D eigenvalue weighted by atomic mass is 9.77. The zero-order valence-electron chi connectivity index (χ0n) is 6.97. The lowest BCUT2D eigenvalue weighted by Crippen LogP contribution is -2.43. The molecule has 0 radical (unpaired) electrons. The predicted molar refractivity (Wildman–Crippen MR) is 42.5 cm³/mol. The minimum Gasteiger partial charge on any atom is -0.381 e. The lowest BCUT2D eigenvalue weighted by molar-refractivity contribution is -0.132. The molecule has 2 nitrogen and oxygen atoms in total. The molecule has 0 atom stereocenters. The monoisotopic (exact) mass is 156 g/mol. The molecule has 2 saturated heterocycles. The van der Waals surface area contributed by atoms with Gasteiger partial charge in [0.1, 0.15) is 0 Å². The van der Waals surface area contributed by atoms with E-state index in [0.29, 0.717) is 5.41 Å². The van der Waals surface area contributed by atoms with Crippen LogP contribution in [0.3, 0.4) is 0 Å². The molecule has 0 bridgehead atoms. The van der Waals surface area contributed by atoms with Gasteiger partial charge in [0.25, 0.3) is 0 Å². The molecule has 2 heteroatoms. The fourth-order valence-electron chi connectivity index (χ4n) is 2.00. The number of ether oxygens (including phenoxy) is 2. The lowest BCUT2D eigenvalue weighted by Gasteiger charge is -2.42. The van der Waals surface area contributed by atoms with E-state index in [1.54, 1.807) is 0 Å². The number of rotatable bonds is 0. The molecule has 0 amide bonds. The molecule has 2 aliphatic rings. The van der Waals surface area contributed by atoms with E-state index in [1.807, 2.05) is 0 Å². The highest BCUT2D eigenvalue weighted by molar-refractivity contribution is 4.85. The molecule has 11 heavy (non-hydrogen) atoms. The minimum atomic E-state index is 0.573. The molecule has 0 unspecified atom stereocenters. The molecule has 0 aliphatic carbocycles. The van der Waals surface area contributed by atoms with Crippen molar-refractivity contribution in [2.24, 2.45) is 5.41 Å². The Morgan fingerprint density at radius 2 is 1.45 bits per heavy atom. The van der Waals surface area contributed by atoms with Crippen LogP contribution < -0.4 is 0 Å². The quantitative estimate of drug-likeness (QED) is 0.530. The molecule has 0 saturated carbocycles. The topological polar surface area (TPSA) is 18.5 Å². The van der Waals surface area contributed by atoms with Crippen LogP contribution in [0.25, 0.3) is 0 Å². The molecule has 2 rings (SSSR count). The normalized spacial score (nSPS) is 30.5. The zero-order valence-corrected chi connectivity index (χ0v) is 6.97. The van der Waals surface area contributed by atoms with Crippen LogP contribution in [0.4, 0.5) is 0 Å². The fraction of sp³-hybridized carbons (Fsp3) is 1.00. The summed E-state index contributed by atoms with van der Waals surface area (Å²) in [5.41, 5.74) is 0.573. The maximum absolute atomic E-state index is 5.40. The van der Waals surface area contributed by atoms with Gasteiger partial charge < -0.3 is 9.47 Å². The Morgan fingerprint density at radius 3 is 1.91 bits per heavy atom. The van der Waals surface area contributed by atoms with Crippen LogP contribution in [0, 0.1) is 5.41 Å². The fourth-order valence-corrected chi connectivity index (χ4v) is 2.00. The highest BCUT2D eigenvalue weighted by atomic mass is 16.5. The first-order chi connectivity index (χ1) is 5.41. The van der Waals surface area contributed by atoms with Gasteiger partial charge in [0, 0.05) is 18.6 Å². The second-order valence-corrected chi connectivity index (χ2v) is 3.81. The van der Waals surface area contributed by atoms with Crippen molar-refractivity contribution in [1.29, 1.82) is 0 Å².